The van der Waals surface area contributed by atoms with Gasteiger partial charge in [-0.3, -0.25) is 4.79 Å². The molecule has 1 heterocycles. The third-order valence-corrected chi connectivity index (χ3v) is 5.07. The molecule has 0 saturated carbocycles. The van der Waals surface area contributed by atoms with Gasteiger partial charge in [-0.1, -0.05) is 0 Å². The molecule has 0 fully saturated rings. The minimum atomic E-state index is -4.46. The number of aliphatic carboxylic acids is 1. The van der Waals surface area contributed by atoms with Gasteiger partial charge in [0, 0.05) is 11.4 Å². The van der Waals surface area contributed by atoms with Gasteiger partial charge in [0.1, 0.15) is 10.8 Å². The fourth-order valence-electron chi connectivity index (χ4n) is 1.25. The van der Waals surface area contributed by atoms with Gasteiger partial charge in [-0.25, -0.2) is 13.1 Å². The first-order chi connectivity index (χ1) is 9.60. The quantitative estimate of drug-likeness (QED) is 0.690. The van der Waals surface area contributed by atoms with E-state index in [4.69, 9.17) is 5.11 Å². The van der Waals surface area contributed by atoms with Gasteiger partial charge >= 0.3 is 12.1 Å². The third-order valence-electron chi connectivity index (χ3n) is 2.03. The van der Waals surface area contributed by atoms with Crippen molar-refractivity contribution in [3.63, 3.8) is 0 Å². The Balaban J connectivity index is 2.46. The van der Waals surface area contributed by atoms with Crippen LogP contribution in [-0.4, -0.2) is 45.4 Å². The molecule has 6 nitrogen and oxygen atoms in total. The van der Waals surface area contributed by atoms with Gasteiger partial charge in [0.05, 0.1) is 13.0 Å². The summed E-state index contributed by atoms with van der Waals surface area (Å²) in [7, 11) is -3.88. The highest BCUT2D eigenvalue weighted by Crippen LogP contribution is 2.21. The fraction of sp³-hybridized carbons (Fsp3) is 0.500. The highest BCUT2D eigenvalue weighted by Gasteiger charge is 2.27. The zero-order chi connectivity index (χ0) is 16.1. The second kappa shape index (κ2) is 7.20. The lowest BCUT2D eigenvalue weighted by molar-refractivity contribution is -0.173. The average Bonchev–Trinajstić information content (AvgIpc) is 2.75. The van der Waals surface area contributed by atoms with Gasteiger partial charge < -0.3 is 9.84 Å². The molecule has 0 unspecified atom stereocenters. The van der Waals surface area contributed by atoms with Crippen molar-refractivity contribution < 1.29 is 36.2 Å². The van der Waals surface area contributed by atoms with E-state index in [0.717, 1.165) is 11.3 Å². The normalized spacial score (nSPS) is 12.5. The summed E-state index contributed by atoms with van der Waals surface area (Å²) in [6, 6.07) is 2.61. The lowest BCUT2D eigenvalue weighted by Gasteiger charge is -2.08. The highest BCUT2D eigenvalue weighted by atomic mass is 32.2. The van der Waals surface area contributed by atoms with Crippen LogP contribution < -0.4 is 4.72 Å². The number of carbonyl (C=O) groups is 1. The Kier molecular flexibility index (Phi) is 6.13. The predicted octanol–water partition coefficient (Wildman–Crippen LogP) is 1.23. The molecule has 21 heavy (non-hydrogen) atoms. The van der Waals surface area contributed by atoms with Crippen LogP contribution in [0.5, 0.6) is 0 Å². The molecule has 0 amide bonds. The number of thiophene rings is 1. The van der Waals surface area contributed by atoms with E-state index < -0.39 is 35.4 Å². The molecule has 0 spiro atoms. The van der Waals surface area contributed by atoms with Crippen molar-refractivity contribution in [1.82, 2.24) is 4.72 Å². The number of ether oxygens (including phenoxy) is 1. The molecule has 0 aliphatic rings. The fourth-order valence-corrected chi connectivity index (χ4v) is 3.66. The zero-order valence-corrected chi connectivity index (χ0v) is 12.1. The maximum absolute atomic E-state index is 11.8. The van der Waals surface area contributed by atoms with E-state index in [2.05, 4.69) is 9.46 Å². The van der Waals surface area contributed by atoms with Gasteiger partial charge in [-0.2, -0.15) is 13.2 Å². The molecular weight excluding hydrogens is 335 g/mol. The van der Waals surface area contributed by atoms with Gasteiger partial charge in [-0.15, -0.1) is 11.3 Å². The van der Waals surface area contributed by atoms with Gasteiger partial charge in [0.25, 0.3) is 0 Å². The van der Waals surface area contributed by atoms with Crippen LogP contribution in [-0.2, 0) is 26.0 Å². The number of carboxylic acid groups (broad SMARTS) is 1. The van der Waals surface area contributed by atoms with Crippen molar-refractivity contribution in [3.8, 4) is 0 Å². The molecule has 0 radical (unpaired) electrons. The maximum Gasteiger partial charge on any atom is 0.411 e. The Morgan fingerprint density at radius 2 is 2.05 bits per heavy atom. The number of hydrogen-bond acceptors (Lipinski definition) is 5. The van der Waals surface area contributed by atoms with Crippen molar-refractivity contribution >= 4 is 27.3 Å². The summed E-state index contributed by atoms with van der Waals surface area (Å²) in [4.78, 5) is 10.8. The molecule has 1 aromatic rings. The Hall–Kier alpha value is -1.17. The van der Waals surface area contributed by atoms with Crippen molar-refractivity contribution in [1.29, 1.82) is 0 Å². The van der Waals surface area contributed by atoms with Crippen LogP contribution in [0.2, 0.25) is 0 Å². The van der Waals surface area contributed by atoms with E-state index >= 15 is 0 Å². The zero-order valence-electron chi connectivity index (χ0n) is 10.5. The number of carboxylic acids is 1. The minimum absolute atomic E-state index is 0.102. The SMILES string of the molecule is O=C(O)Cc1ccc(S(=O)(=O)NCCOCC(F)(F)F)s1. The van der Waals surface area contributed by atoms with Crippen LogP contribution >= 0.6 is 11.3 Å². The molecule has 120 valence electrons. The monoisotopic (exact) mass is 347 g/mol. The molecule has 0 aliphatic carbocycles. The minimum Gasteiger partial charge on any atom is -0.481 e. The molecule has 0 aliphatic heterocycles. The molecular formula is C10H12F3NO5S2. The predicted molar refractivity (Wildman–Crippen MR) is 67.7 cm³/mol. The Morgan fingerprint density at radius 3 is 2.62 bits per heavy atom. The Labute approximate surface area is 122 Å². The van der Waals surface area contributed by atoms with E-state index in [9.17, 15) is 26.4 Å². The van der Waals surface area contributed by atoms with Crippen molar-refractivity contribution in [2.75, 3.05) is 19.8 Å². The number of sulfonamides is 1. The number of rotatable bonds is 8. The topological polar surface area (TPSA) is 92.7 Å². The summed E-state index contributed by atoms with van der Waals surface area (Å²) < 4.78 is 65.1. The Bertz CT molecular complexity index is 582. The molecule has 0 bridgehead atoms. The van der Waals surface area contributed by atoms with E-state index in [1.165, 1.54) is 12.1 Å². The van der Waals surface area contributed by atoms with E-state index in [1.807, 2.05) is 0 Å². The molecule has 2 N–H and O–H groups in total. The van der Waals surface area contributed by atoms with Crippen LogP contribution in [0.3, 0.4) is 0 Å². The van der Waals surface area contributed by atoms with Crippen LogP contribution in [0.25, 0.3) is 0 Å². The number of halogens is 3. The van der Waals surface area contributed by atoms with E-state index in [1.54, 1.807) is 0 Å². The van der Waals surface area contributed by atoms with Crippen molar-refractivity contribution in [2.45, 2.75) is 16.8 Å². The summed E-state index contributed by atoms with van der Waals surface area (Å²) in [5.41, 5.74) is 0. The average molecular weight is 347 g/mol. The lowest BCUT2D eigenvalue weighted by atomic mass is 10.3. The molecule has 1 rings (SSSR count). The molecule has 1 aromatic heterocycles. The van der Waals surface area contributed by atoms with E-state index in [-0.39, 0.29) is 17.2 Å². The summed E-state index contributed by atoms with van der Waals surface area (Å²) in [5, 5.41) is 8.58. The number of nitrogens with one attached hydrogen (secondary N) is 1. The van der Waals surface area contributed by atoms with Gasteiger partial charge in [0.2, 0.25) is 10.0 Å². The van der Waals surface area contributed by atoms with Crippen LogP contribution in [0, 0.1) is 0 Å². The van der Waals surface area contributed by atoms with Crippen LogP contribution in [0.1, 0.15) is 4.88 Å². The largest absolute Gasteiger partial charge is 0.481 e. The maximum atomic E-state index is 11.8. The van der Waals surface area contributed by atoms with Gasteiger partial charge in [-0.05, 0) is 12.1 Å². The van der Waals surface area contributed by atoms with Crippen molar-refractivity contribution in [3.05, 3.63) is 17.0 Å². The first-order valence-electron chi connectivity index (χ1n) is 5.55. The molecule has 11 heteroatoms. The summed E-state index contributed by atoms with van der Waals surface area (Å²) in [5.74, 6) is -1.09. The lowest BCUT2D eigenvalue weighted by Crippen LogP contribution is -2.28. The Morgan fingerprint density at radius 1 is 1.38 bits per heavy atom. The second-order valence-corrected chi connectivity index (χ2v) is 7.02. The van der Waals surface area contributed by atoms with E-state index in [0.29, 0.717) is 4.88 Å². The standard InChI is InChI=1S/C10H12F3NO5S2/c11-10(12,13)6-19-4-3-14-21(17,18)9-2-1-7(20-9)5-8(15)16/h1-2,14H,3-6H2,(H,15,16). The second-order valence-electron chi connectivity index (χ2n) is 3.86. The van der Waals surface area contributed by atoms with Gasteiger partial charge in [0.15, 0.2) is 0 Å². The van der Waals surface area contributed by atoms with Crippen LogP contribution in [0.15, 0.2) is 16.3 Å². The first-order valence-corrected chi connectivity index (χ1v) is 7.85. The highest BCUT2D eigenvalue weighted by molar-refractivity contribution is 7.91. The number of alkyl halides is 3. The summed E-state index contributed by atoms with van der Waals surface area (Å²) >= 11 is 0.784. The molecule has 0 aromatic carbocycles. The smallest absolute Gasteiger partial charge is 0.411 e. The summed E-state index contributed by atoms with van der Waals surface area (Å²) in [6.45, 7) is -2.19. The molecule has 0 atom stereocenters. The first kappa shape index (κ1) is 17.9. The third kappa shape index (κ3) is 6.89. The van der Waals surface area contributed by atoms with Crippen LogP contribution in [0.4, 0.5) is 13.2 Å². The summed E-state index contributed by atoms with van der Waals surface area (Å²) in [6.07, 6.45) is -4.76. The van der Waals surface area contributed by atoms with Crippen molar-refractivity contribution in [2.24, 2.45) is 0 Å². The number of hydrogen-bond donors (Lipinski definition) is 2. The molecule has 0 saturated heterocycles.